The zero-order valence-electron chi connectivity index (χ0n) is 11.8. The smallest absolute Gasteiger partial charge is 0.342 e. The van der Waals surface area contributed by atoms with Crippen LogP contribution in [-0.4, -0.2) is 28.2 Å². The fourth-order valence-electron chi connectivity index (χ4n) is 1.59. The first-order chi connectivity index (χ1) is 10.4. The highest BCUT2D eigenvalue weighted by Crippen LogP contribution is 2.22. The van der Waals surface area contributed by atoms with Crippen molar-refractivity contribution in [2.45, 2.75) is 20.0 Å². The third-order valence-corrected chi connectivity index (χ3v) is 2.94. The molecule has 1 amide bonds. The molecule has 2 N–H and O–H groups in total. The standard InChI is InChI=1S/C14H13ClN2O5/c1-7-5-12(22-17-7)16-13(19)8(2)21-14(20)10-6-9(15)3-4-11(10)18/h3-6,8,18H,1-2H3,(H,16,19)/t8-/m1/s1. The van der Waals surface area contributed by atoms with Crippen LogP contribution in [0.2, 0.25) is 5.02 Å². The van der Waals surface area contributed by atoms with Crippen molar-refractivity contribution in [3.05, 3.63) is 40.5 Å². The lowest BCUT2D eigenvalue weighted by Crippen LogP contribution is -2.29. The summed E-state index contributed by atoms with van der Waals surface area (Å²) in [6.45, 7) is 3.09. The molecule has 1 atom stereocenters. The van der Waals surface area contributed by atoms with Crippen LogP contribution in [0.3, 0.4) is 0 Å². The summed E-state index contributed by atoms with van der Waals surface area (Å²) in [6, 6.07) is 5.47. The summed E-state index contributed by atoms with van der Waals surface area (Å²) in [7, 11) is 0. The van der Waals surface area contributed by atoms with Crippen LogP contribution in [0.15, 0.2) is 28.8 Å². The maximum atomic E-state index is 11.9. The van der Waals surface area contributed by atoms with Gasteiger partial charge in [-0.15, -0.1) is 0 Å². The van der Waals surface area contributed by atoms with Crippen LogP contribution in [0.25, 0.3) is 0 Å². The summed E-state index contributed by atoms with van der Waals surface area (Å²) in [4.78, 5) is 23.8. The van der Waals surface area contributed by atoms with Gasteiger partial charge >= 0.3 is 5.97 Å². The fraction of sp³-hybridized carbons (Fsp3) is 0.214. The van der Waals surface area contributed by atoms with Crippen LogP contribution >= 0.6 is 11.6 Å². The normalized spacial score (nSPS) is 11.8. The number of nitrogens with one attached hydrogen (secondary N) is 1. The monoisotopic (exact) mass is 324 g/mol. The Bertz CT molecular complexity index is 713. The Hall–Kier alpha value is -2.54. The minimum atomic E-state index is -1.10. The summed E-state index contributed by atoms with van der Waals surface area (Å²) in [6.07, 6.45) is -1.10. The molecule has 0 fully saturated rings. The van der Waals surface area contributed by atoms with Crippen molar-refractivity contribution in [3.63, 3.8) is 0 Å². The van der Waals surface area contributed by atoms with E-state index in [4.69, 9.17) is 20.9 Å². The molecule has 8 heteroatoms. The first kappa shape index (κ1) is 15.8. The van der Waals surface area contributed by atoms with Gasteiger partial charge in [-0.3, -0.25) is 10.1 Å². The van der Waals surface area contributed by atoms with Gasteiger partial charge in [0.05, 0.1) is 5.69 Å². The number of amides is 1. The SMILES string of the molecule is Cc1cc(NC(=O)[C@@H](C)OC(=O)c2cc(Cl)ccc2O)on1. The van der Waals surface area contributed by atoms with Crippen LogP contribution in [0.5, 0.6) is 5.75 Å². The first-order valence-electron chi connectivity index (χ1n) is 6.30. The number of esters is 1. The second-order valence-corrected chi connectivity index (χ2v) is 4.97. The lowest BCUT2D eigenvalue weighted by atomic mass is 10.2. The van der Waals surface area contributed by atoms with E-state index < -0.39 is 18.0 Å². The molecular formula is C14H13ClN2O5. The number of aromatic hydroxyl groups is 1. The van der Waals surface area contributed by atoms with Gasteiger partial charge in [0.15, 0.2) is 6.10 Å². The molecule has 0 bridgehead atoms. The number of hydrogen-bond acceptors (Lipinski definition) is 6. The van der Waals surface area contributed by atoms with E-state index in [0.29, 0.717) is 5.69 Å². The van der Waals surface area contributed by atoms with E-state index in [0.717, 1.165) is 0 Å². The second kappa shape index (κ2) is 6.48. The van der Waals surface area contributed by atoms with E-state index in [9.17, 15) is 14.7 Å². The Balaban J connectivity index is 2.01. The Labute approximate surface area is 130 Å². The highest BCUT2D eigenvalue weighted by molar-refractivity contribution is 6.31. The molecule has 7 nitrogen and oxygen atoms in total. The van der Waals surface area contributed by atoms with Crippen LogP contribution in [0.4, 0.5) is 5.88 Å². The minimum absolute atomic E-state index is 0.123. The molecule has 0 saturated heterocycles. The number of halogens is 1. The summed E-state index contributed by atoms with van der Waals surface area (Å²) < 4.78 is 9.81. The molecule has 1 aromatic heterocycles. The quantitative estimate of drug-likeness (QED) is 0.838. The molecule has 2 aromatic rings. The number of hydrogen-bond donors (Lipinski definition) is 2. The molecule has 0 unspecified atom stereocenters. The number of anilines is 1. The van der Waals surface area contributed by atoms with Crippen molar-refractivity contribution in [3.8, 4) is 5.75 Å². The number of carbonyl (C=O) groups excluding carboxylic acids is 2. The number of aromatic nitrogens is 1. The van der Waals surface area contributed by atoms with Gasteiger partial charge in [-0.25, -0.2) is 4.79 Å². The zero-order valence-corrected chi connectivity index (χ0v) is 12.5. The second-order valence-electron chi connectivity index (χ2n) is 4.53. The highest BCUT2D eigenvalue weighted by atomic mass is 35.5. The minimum Gasteiger partial charge on any atom is -0.507 e. The van der Waals surface area contributed by atoms with E-state index in [1.54, 1.807) is 6.92 Å². The molecule has 0 radical (unpaired) electrons. The van der Waals surface area contributed by atoms with Crippen molar-refractivity contribution in [1.82, 2.24) is 5.16 Å². The summed E-state index contributed by atoms with van der Waals surface area (Å²) in [5.41, 5.74) is 0.478. The molecule has 0 spiro atoms. The van der Waals surface area contributed by atoms with Crippen LogP contribution in [0, 0.1) is 6.92 Å². The van der Waals surface area contributed by atoms with E-state index >= 15 is 0 Å². The third kappa shape index (κ3) is 3.76. The zero-order chi connectivity index (χ0) is 16.3. The summed E-state index contributed by atoms with van der Waals surface area (Å²) in [5.74, 6) is -1.59. The van der Waals surface area contributed by atoms with Crippen molar-refractivity contribution in [2.24, 2.45) is 0 Å². The molecule has 0 aliphatic heterocycles. The highest BCUT2D eigenvalue weighted by Gasteiger charge is 2.22. The number of rotatable bonds is 4. The largest absolute Gasteiger partial charge is 0.507 e. The van der Waals surface area contributed by atoms with Crippen LogP contribution in [-0.2, 0) is 9.53 Å². The van der Waals surface area contributed by atoms with Gasteiger partial charge in [-0.05, 0) is 32.0 Å². The number of nitrogens with zero attached hydrogens (tertiary/aromatic N) is 1. The summed E-state index contributed by atoms with van der Waals surface area (Å²) >= 11 is 5.75. The van der Waals surface area contributed by atoms with Crippen molar-refractivity contribution >= 4 is 29.4 Å². The predicted octanol–water partition coefficient (Wildman–Crippen LogP) is 2.53. The molecule has 22 heavy (non-hydrogen) atoms. The molecular weight excluding hydrogens is 312 g/mol. The Morgan fingerprint density at radius 2 is 2.14 bits per heavy atom. The maximum Gasteiger partial charge on any atom is 0.342 e. The van der Waals surface area contributed by atoms with E-state index in [1.165, 1.54) is 31.2 Å². The van der Waals surface area contributed by atoms with E-state index in [1.807, 2.05) is 0 Å². The number of benzene rings is 1. The Morgan fingerprint density at radius 3 is 2.77 bits per heavy atom. The van der Waals surface area contributed by atoms with Crippen molar-refractivity contribution in [2.75, 3.05) is 5.32 Å². The average molecular weight is 325 g/mol. The van der Waals surface area contributed by atoms with Crippen LogP contribution in [0.1, 0.15) is 23.0 Å². The lowest BCUT2D eigenvalue weighted by Gasteiger charge is -2.12. The average Bonchev–Trinajstić information content (AvgIpc) is 2.86. The van der Waals surface area contributed by atoms with Gasteiger partial charge in [0, 0.05) is 11.1 Å². The number of phenolic OH excluding ortho intramolecular Hbond substituents is 1. The maximum absolute atomic E-state index is 11.9. The van der Waals surface area contributed by atoms with Gasteiger partial charge in [0.2, 0.25) is 5.88 Å². The molecule has 1 aromatic carbocycles. The topological polar surface area (TPSA) is 102 Å². The van der Waals surface area contributed by atoms with Crippen molar-refractivity contribution in [1.29, 1.82) is 0 Å². The van der Waals surface area contributed by atoms with E-state index in [2.05, 4.69) is 10.5 Å². The molecule has 1 heterocycles. The van der Waals surface area contributed by atoms with Gasteiger partial charge in [-0.2, -0.15) is 0 Å². The Morgan fingerprint density at radius 1 is 1.41 bits per heavy atom. The fourth-order valence-corrected chi connectivity index (χ4v) is 1.77. The Kier molecular flexibility index (Phi) is 4.67. The summed E-state index contributed by atoms with van der Waals surface area (Å²) in [5, 5.41) is 15.9. The number of ether oxygens (including phenoxy) is 1. The van der Waals surface area contributed by atoms with Crippen molar-refractivity contribution < 1.29 is 24.0 Å². The third-order valence-electron chi connectivity index (χ3n) is 2.71. The predicted molar refractivity (Wildman–Crippen MR) is 77.9 cm³/mol. The molecule has 2 rings (SSSR count). The number of aryl methyl sites for hydroxylation is 1. The molecule has 0 saturated carbocycles. The van der Waals surface area contributed by atoms with Gasteiger partial charge in [0.25, 0.3) is 5.91 Å². The van der Waals surface area contributed by atoms with Crippen LogP contribution < -0.4 is 5.32 Å². The molecule has 0 aliphatic rings. The van der Waals surface area contributed by atoms with E-state index in [-0.39, 0.29) is 22.2 Å². The van der Waals surface area contributed by atoms with Gasteiger partial charge in [-0.1, -0.05) is 16.8 Å². The number of carbonyl (C=O) groups is 2. The molecule has 116 valence electrons. The molecule has 0 aliphatic carbocycles. The number of phenols is 1. The van der Waals surface area contributed by atoms with Gasteiger partial charge in [0.1, 0.15) is 11.3 Å². The lowest BCUT2D eigenvalue weighted by molar-refractivity contribution is -0.123. The van der Waals surface area contributed by atoms with Gasteiger partial charge < -0.3 is 14.4 Å². The first-order valence-corrected chi connectivity index (χ1v) is 6.68.